The molecule has 2 fully saturated rings. The molecule has 34 heavy (non-hydrogen) atoms. The molecule has 0 radical (unpaired) electrons. The Balaban J connectivity index is 1.39. The average Bonchev–Trinajstić information content (AvgIpc) is 3.18. The van der Waals surface area contributed by atoms with Crippen LogP contribution in [0.1, 0.15) is 55.3 Å². The molecule has 0 bridgehead atoms. The first-order valence-electron chi connectivity index (χ1n) is 12.5. The molecule has 8 nitrogen and oxygen atoms in total. The van der Waals surface area contributed by atoms with Crippen molar-refractivity contribution in [2.45, 2.75) is 52.4 Å². The fraction of sp³-hybridized carbons (Fsp3) is 0.462. The van der Waals surface area contributed by atoms with Gasteiger partial charge in [0.05, 0.1) is 6.21 Å². The number of benzene rings is 1. The van der Waals surface area contributed by atoms with Crippen LogP contribution < -0.4 is 15.2 Å². The van der Waals surface area contributed by atoms with E-state index < -0.39 is 0 Å². The fourth-order valence-electron chi connectivity index (χ4n) is 4.86. The summed E-state index contributed by atoms with van der Waals surface area (Å²) in [4.78, 5) is 18.9. The number of para-hydroxylation sites is 1. The van der Waals surface area contributed by atoms with E-state index in [4.69, 9.17) is 15.0 Å². The SMILES string of the molecule is Cc1cn(-c2ccccc2)c(C)c1/C=N/Nc1nc(N2CCCCC2)nc(N2CCCCC2)n1. The van der Waals surface area contributed by atoms with Crippen LogP contribution >= 0.6 is 0 Å². The molecule has 1 N–H and O–H groups in total. The van der Waals surface area contributed by atoms with E-state index in [-0.39, 0.29) is 0 Å². The Labute approximate surface area is 201 Å². The second-order valence-electron chi connectivity index (χ2n) is 9.24. The monoisotopic (exact) mass is 458 g/mol. The second kappa shape index (κ2) is 10.2. The molecule has 2 saturated heterocycles. The summed E-state index contributed by atoms with van der Waals surface area (Å²) in [5.74, 6) is 2.02. The minimum atomic E-state index is 0.505. The molecule has 0 spiro atoms. The lowest BCUT2D eigenvalue weighted by atomic mass is 10.1. The van der Waals surface area contributed by atoms with E-state index >= 15 is 0 Å². The summed E-state index contributed by atoms with van der Waals surface area (Å²) in [6, 6.07) is 10.4. The first-order valence-corrected chi connectivity index (χ1v) is 12.5. The normalized spacial score (nSPS) is 16.9. The Morgan fingerprint density at radius 1 is 0.794 bits per heavy atom. The van der Waals surface area contributed by atoms with Crippen LogP contribution in [-0.4, -0.2) is 51.9 Å². The molecule has 2 aromatic heterocycles. The Bertz CT molecular complexity index is 1090. The van der Waals surface area contributed by atoms with Crippen LogP contribution in [0.4, 0.5) is 17.8 Å². The van der Waals surface area contributed by atoms with E-state index in [1.807, 2.05) is 12.3 Å². The molecule has 2 aliphatic heterocycles. The molecule has 0 aliphatic carbocycles. The van der Waals surface area contributed by atoms with Crippen molar-refractivity contribution in [3.8, 4) is 5.69 Å². The van der Waals surface area contributed by atoms with Gasteiger partial charge >= 0.3 is 0 Å². The first kappa shape index (κ1) is 22.4. The summed E-state index contributed by atoms with van der Waals surface area (Å²) >= 11 is 0. The number of aryl methyl sites for hydroxylation is 1. The van der Waals surface area contributed by atoms with Crippen molar-refractivity contribution in [3.05, 3.63) is 53.3 Å². The topological polar surface area (TPSA) is 74.5 Å². The number of hydrogen-bond acceptors (Lipinski definition) is 7. The van der Waals surface area contributed by atoms with E-state index in [9.17, 15) is 0 Å². The molecule has 1 aromatic carbocycles. The van der Waals surface area contributed by atoms with Crippen molar-refractivity contribution >= 4 is 24.1 Å². The van der Waals surface area contributed by atoms with Crippen LogP contribution in [0.3, 0.4) is 0 Å². The van der Waals surface area contributed by atoms with Crippen LogP contribution in [0.2, 0.25) is 0 Å². The summed E-state index contributed by atoms with van der Waals surface area (Å²) < 4.78 is 2.20. The van der Waals surface area contributed by atoms with Gasteiger partial charge < -0.3 is 14.4 Å². The van der Waals surface area contributed by atoms with Crippen LogP contribution in [-0.2, 0) is 0 Å². The van der Waals surface area contributed by atoms with Gasteiger partial charge in [-0.15, -0.1) is 0 Å². The molecule has 0 amide bonds. The van der Waals surface area contributed by atoms with Crippen LogP contribution in [0.15, 0.2) is 41.6 Å². The predicted molar refractivity (Wildman–Crippen MR) is 138 cm³/mol. The number of aromatic nitrogens is 4. The molecule has 0 unspecified atom stereocenters. The molecule has 2 aliphatic rings. The molecule has 0 saturated carbocycles. The van der Waals surface area contributed by atoms with Crippen molar-refractivity contribution < 1.29 is 0 Å². The third-order valence-corrected chi connectivity index (χ3v) is 6.78. The number of rotatable bonds is 6. The van der Waals surface area contributed by atoms with E-state index in [0.29, 0.717) is 5.95 Å². The van der Waals surface area contributed by atoms with Crippen molar-refractivity contribution in [1.82, 2.24) is 19.5 Å². The zero-order valence-electron chi connectivity index (χ0n) is 20.2. The van der Waals surface area contributed by atoms with Crippen molar-refractivity contribution in [2.75, 3.05) is 41.4 Å². The molecular formula is C26H34N8. The van der Waals surface area contributed by atoms with Crippen LogP contribution in [0.25, 0.3) is 5.69 Å². The van der Waals surface area contributed by atoms with Gasteiger partial charge in [-0.3, -0.25) is 0 Å². The van der Waals surface area contributed by atoms with Gasteiger partial charge in [0.2, 0.25) is 17.8 Å². The number of nitrogens with one attached hydrogen (secondary N) is 1. The molecular weight excluding hydrogens is 424 g/mol. The third kappa shape index (κ3) is 4.90. The van der Waals surface area contributed by atoms with Gasteiger partial charge in [-0.2, -0.15) is 20.1 Å². The third-order valence-electron chi connectivity index (χ3n) is 6.78. The number of piperidine rings is 2. The summed E-state index contributed by atoms with van der Waals surface area (Å²) in [7, 11) is 0. The maximum atomic E-state index is 4.85. The van der Waals surface area contributed by atoms with E-state index in [2.05, 4.69) is 69.2 Å². The summed E-state index contributed by atoms with van der Waals surface area (Å²) in [5, 5.41) is 4.53. The van der Waals surface area contributed by atoms with Gasteiger partial charge in [-0.25, -0.2) is 5.43 Å². The van der Waals surface area contributed by atoms with Gasteiger partial charge in [-0.05, 0) is 70.1 Å². The van der Waals surface area contributed by atoms with Gasteiger partial charge in [0.15, 0.2) is 0 Å². The first-order chi connectivity index (χ1) is 16.7. The van der Waals surface area contributed by atoms with Crippen molar-refractivity contribution in [1.29, 1.82) is 0 Å². The Hall–Kier alpha value is -3.42. The highest BCUT2D eigenvalue weighted by molar-refractivity contribution is 5.84. The van der Waals surface area contributed by atoms with E-state index in [0.717, 1.165) is 55.0 Å². The molecule has 8 heteroatoms. The average molecular weight is 459 g/mol. The van der Waals surface area contributed by atoms with Gasteiger partial charge in [0.25, 0.3) is 0 Å². The Morgan fingerprint density at radius 2 is 1.38 bits per heavy atom. The molecule has 178 valence electrons. The number of hydrogen-bond donors (Lipinski definition) is 1. The number of nitrogens with zero attached hydrogens (tertiary/aromatic N) is 7. The van der Waals surface area contributed by atoms with Gasteiger partial charge in [0, 0.05) is 49.3 Å². The Morgan fingerprint density at radius 3 is 1.97 bits per heavy atom. The summed E-state index contributed by atoms with van der Waals surface area (Å²) in [5.41, 5.74) is 7.66. The minimum Gasteiger partial charge on any atom is -0.341 e. The fourth-order valence-corrected chi connectivity index (χ4v) is 4.86. The summed E-state index contributed by atoms with van der Waals surface area (Å²) in [6.07, 6.45) is 11.3. The lowest BCUT2D eigenvalue weighted by Gasteiger charge is -2.30. The highest BCUT2D eigenvalue weighted by Crippen LogP contribution is 2.23. The predicted octanol–water partition coefficient (Wildman–Crippen LogP) is 4.71. The van der Waals surface area contributed by atoms with Crippen LogP contribution in [0.5, 0.6) is 0 Å². The highest BCUT2D eigenvalue weighted by atomic mass is 15.4. The lowest BCUT2D eigenvalue weighted by Crippen LogP contribution is -2.34. The van der Waals surface area contributed by atoms with E-state index in [1.54, 1.807) is 0 Å². The second-order valence-corrected chi connectivity index (χ2v) is 9.24. The van der Waals surface area contributed by atoms with Crippen molar-refractivity contribution in [3.63, 3.8) is 0 Å². The molecule has 0 atom stereocenters. The maximum absolute atomic E-state index is 4.85. The minimum absolute atomic E-state index is 0.505. The van der Waals surface area contributed by atoms with Gasteiger partial charge in [-0.1, -0.05) is 18.2 Å². The Kier molecular flexibility index (Phi) is 6.74. The largest absolute Gasteiger partial charge is 0.341 e. The van der Waals surface area contributed by atoms with Crippen molar-refractivity contribution in [2.24, 2.45) is 5.10 Å². The quantitative estimate of drug-likeness (QED) is 0.426. The van der Waals surface area contributed by atoms with Crippen LogP contribution in [0, 0.1) is 13.8 Å². The highest BCUT2D eigenvalue weighted by Gasteiger charge is 2.20. The number of hydrazone groups is 1. The van der Waals surface area contributed by atoms with E-state index in [1.165, 1.54) is 44.1 Å². The smallest absolute Gasteiger partial charge is 0.250 e. The molecule has 5 rings (SSSR count). The molecule has 4 heterocycles. The lowest BCUT2D eigenvalue weighted by molar-refractivity contribution is 0.556. The standard InChI is InChI=1S/C26H34N8/c1-20-19-34(22-12-6-3-7-13-22)21(2)23(20)18-27-31-24-28-25(32-14-8-4-9-15-32)30-26(29-24)33-16-10-5-11-17-33/h3,6-7,12-13,18-19H,4-5,8-11,14-17H2,1-2H3,(H,28,29,30,31)/b27-18+. The number of anilines is 3. The zero-order chi connectivity index (χ0) is 23.3. The molecule has 3 aromatic rings. The zero-order valence-corrected chi connectivity index (χ0v) is 20.2. The van der Waals surface area contributed by atoms with Gasteiger partial charge in [0.1, 0.15) is 0 Å². The summed E-state index contributed by atoms with van der Waals surface area (Å²) in [6.45, 7) is 8.22. The maximum Gasteiger partial charge on any atom is 0.250 e.